The largest absolute Gasteiger partial charge is 0.481 e. The van der Waals surface area contributed by atoms with E-state index in [0.29, 0.717) is 0 Å². The van der Waals surface area contributed by atoms with Crippen LogP contribution in [0.15, 0.2) is 18.3 Å². The molecule has 0 spiro atoms. The normalized spacial score (nSPS) is 23.8. The van der Waals surface area contributed by atoms with E-state index in [1.54, 1.807) is 13.3 Å². The van der Waals surface area contributed by atoms with Gasteiger partial charge in [-0.2, -0.15) is 0 Å². The predicted octanol–water partition coefficient (Wildman–Crippen LogP) is 2.05. The molecule has 1 unspecified atom stereocenters. The first-order valence-corrected chi connectivity index (χ1v) is 7.79. The van der Waals surface area contributed by atoms with E-state index in [0.717, 1.165) is 24.4 Å². The molecule has 4 heteroatoms. The number of nitrogens with one attached hydrogen (secondary N) is 1. The summed E-state index contributed by atoms with van der Waals surface area (Å²) < 4.78 is 5.35. The third-order valence-electron chi connectivity index (χ3n) is 4.31. The third-order valence-corrected chi connectivity index (χ3v) is 4.31. The second kappa shape index (κ2) is 6.55. The summed E-state index contributed by atoms with van der Waals surface area (Å²) in [6.07, 6.45) is 7.22. The van der Waals surface area contributed by atoms with Crippen molar-refractivity contribution in [1.82, 2.24) is 15.2 Å². The van der Waals surface area contributed by atoms with E-state index < -0.39 is 0 Å². The third kappa shape index (κ3) is 3.70. The van der Waals surface area contributed by atoms with Crippen molar-refractivity contribution in [1.29, 1.82) is 0 Å². The van der Waals surface area contributed by atoms with Crippen LogP contribution in [-0.4, -0.2) is 42.7 Å². The molecule has 2 heterocycles. The van der Waals surface area contributed by atoms with Crippen molar-refractivity contribution in [3.05, 3.63) is 23.9 Å². The van der Waals surface area contributed by atoms with Crippen molar-refractivity contribution < 1.29 is 4.74 Å². The van der Waals surface area contributed by atoms with E-state index >= 15 is 0 Å². The maximum atomic E-state index is 5.35. The van der Waals surface area contributed by atoms with Crippen LogP contribution in [-0.2, 0) is 6.54 Å². The van der Waals surface area contributed by atoms with Crippen LogP contribution in [0.2, 0.25) is 0 Å². The molecule has 0 radical (unpaired) electrons. The molecule has 20 heavy (non-hydrogen) atoms. The molecule has 1 saturated heterocycles. The van der Waals surface area contributed by atoms with E-state index in [1.807, 2.05) is 6.07 Å². The lowest BCUT2D eigenvalue weighted by Crippen LogP contribution is -2.39. The number of nitrogens with zero attached hydrogens (tertiary/aromatic N) is 2. The molecule has 1 aliphatic carbocycles. The summed E-state index contributed by atoms with van der Waals surface area (Å²) in [5.74, 6) is 1.57. The fourth-order valence-corrected chi connectivity index (χ4v) is 3.05. The molecule has 4 nitrogen and oxygen atoms in total. The number of pyridine rings is 1. The zero-order valence-electron chi connectivity index (χ0n) is 12.3. The van der Waals surface area contributed by atoms with Crippen LogP contribution >= 0.6 is 0 Å². The van der Waals surface area contributed by atoms with Crippen LogP contribution in [0, 0.1) is 5.92 Å². The van der Waals surface area contributed by atoms with E-state index in [-0.39, 0.29) is 0 Å². The lowest BCUT2D eigenvalue weighted by molar-refractivity contribution is 0.163. The minimum atomic E-state index is 0.769. The summed E-state index contributed by atoms with van der Waals surface area (Å²) in [4.78, 5) is 6.83. The average Bonchev–Trinajstić information content (AvgIpc) is 3.30. The highest BCUT2D eigenvalue weighted by atomic mass is 16.5. The fourth-order valence-electron chi connectivity index (χ4n) is 3.05. The lowest BCUT2D eigenvalue weighted by atomic mass is 9.97. The van der Waals surface area contributed by atoms with Gasteiger partial charge in [-0.3, -0.25) is 4.90 Å². The zero-order valence-corrected chi connectivity index (χ0v) is 12.3. The second-order valence-electron chi connectivity index (χ2n) is 6.10. The summed E-state index contributed by atoms with van der Waals surface area (Å²) in [5, 5.41) is 3.67. The molecule has 0 aromatic carbocycles. The zero-order chi connectivity index (χ0) is 13.8. The van der Waals surface area contributed by atoms with Crippen LogP contribution in [0.4, 0.5) is 0 Å². The van der Waals surface area contributed by atoms with Crippen LogP contribution in [0.1, 0.15) is 31.2 Å². The molecule has 2 aliphatic rings. The molecular formula is C16H25N3O. The molecule has 0 amide bonds. The first kappa shape index (κ1) is 13.8. The van der Waals surface area contributed by atoms with Crippen LogP contribution in [0.25, 0.3) is 0 Å². The minimum absolute atomic E-state index is 0.769. The number of ether oxygens (including phenoxy) is 1. The first-order valence-electron chi connectivity index (χ1n) is 7.79. The number of hydrogen-bond donors (Lipinski definition) is 1. The van der Waals surface area contributed by atoms with Gasteiger partial charge in [-0.15, -0.1) is 0 Å². The Hall–Kier alpha value is -1.13. The molecule has 110 valence electrons. The molecule has 1 N–H and O–H groups in total. The lowest BCUT2D eigenvalue weighted by Gasteiger charge is -2.33. The van der Waals surface area contributed by atoms with Crippen LogP contribution in [0.5, 0.6) is 5.88 Å². The van der Waals surface area contributed by atoms with Gasteiger partial charge in [-0.25, -0.2) is 4.98 Å². The smallest absolute Gasteiger partial charge is 0.217 e. The van der Waals surface area contributed by atoms with Gasteiger partial charge in [0.2, 0.25) is 5.88 Å². The number of piperidine rings is 1. The van der Waals surface area contributed by atoms with Gasteiger partial charge in [-0.1, -0.05) is 6.07 Å². The Morgan fingerprint density at radius 3 is 3.10 bits per heavy atom. The highest BCUT2D eigenvalue weighted by Gasteiger charge is 2.25. The molecule has 1 atom stereocenters. The highest BCUT2D eigenvalue weighted by Crippen LogP contribution is 2.23. The molecule has 0 bridgehead atoms. The standard InChI is InChI=1S/C16H25N3O/c1-20-16-14(5-2-8-17-16)12-19-9-3-4-13(11-19)10-18-15-6-7-15/h2,5,8,13,15,18H,3-4,6-7,9-12H2,1H3. The van der Waals surface area contributed by atoms with Gasteiger partial charge in [0.05, 0.1) is 7.11 Å². The topological polar surface area (TPSA) is 37.4 Å². The molecule has 1 aromatic rings. The Morgan fingerprint density at radius 1 is 1.40 bits per heavy atom. The number of hydrogen-bond acceptors (Lipinski definition) is 4. The van der Waals surface area contributed by atoms with Crippen molar-refractivity contribution in [3.63, 3.8) is 0 Å². The van der Waals surface area contributed by atoms with Gasteiger partial charge < -0.3 is 10.1 Å². The Kier molecular flexibility index (Phi) is 4.53. The molecule has 1 saturated carbocycles. The van der Waals surface area contributed by atoms with Gasteiger partial charge in [0, 0.05) is 30.9 Å². The fraction of sp³-hybridized carbons (Fsp3) is 0.688. The van der Waals surface area contributed by atoms with E-state index in [9.17, 15) is 0 Å². The number of rotatable bonds is 6. The molecule has 1 aliphatic heterocycles. The maximum absolute atomic E-state index is 5.35. The quantitative estimate of drug-likeness (QED) is 0.862. The van der Waals surface area contributed by atoms with E-state index in [1.165, 1.54) is 50.9 Å². The Bertz CT molecular complexity index is 433. The summed E-state index contributed by atoms with van der Waals surface area (Å²) in [6.45, 7) is 4.53. The molecular weight excluding hydrogens is 250 g/mol. The van der Waals surface area contributed by atoms with Crippen molar-refractivity contribution in [3.8, 4) is 5.88 Å². The Balaban J connectivity index is 1.53. The minimum Gasteiger partial charge on any atom is -0.481 e. The number of methoxy groups -OCH3 is 1. The highest BCUT2D eigenvalue weighted by molar-refractivity contribution is 5.25. The number of likely N-dealkylation sites (tertiary alicyclic amines) is 1. The SMILES string of the molecule is COc1ncccc1CN1CCCC(CNC2CC2)C1. The Labute approximate surface area is 121 Å². The second-order valence-corrected chi connectivity index (χ2v) is 6.10. The van der Waals surface area contributed by atoms with Gasteiger partial charge >= 0.3 is 0 Å². The van der Waals surface area contributed by atoms with Gasteiger partial charge in [0.15, 0.2) is 0 Å². The summed E-state index contributed by atoms with van der Waals surface area (Å²) in [5.41, 5.74) is 1.20. The maximum Gasteiger partial charge on any atom is 0.217 e. The van der Waals surface area contributed by atoms with Gasteiger partial charge in [0.25, 0.3) is 0 Å². The molecule has 3 rings (SSSR count). The van der Waals surface area contributed by atoms with Gasteiger partial charge in [0.1, 0.15) is 0 Å². The van der Waals surface area contributed by atoms with Crippen LogP contribution < -0.4 is 10.1 Å². The van der Waals surface area contributed by atoms with Crippen LogP contribution in [0.3, 0.4) is 0 Å². The monoisotopic (exact) mass is 275 g/mol. The van der Waals surface area contributed by atoms with E-state index in [2.05, 4.69) is 21.3 Å². The van der Waals surface area contributed by atoms with Crippen molar-refractivity contribution in [2.75, 3.05) is 26.7 Å². The van der Waals surface area contributed by atoms with Crippen molar-refractivity contribution in [2.45, 2.75) is 38.3 Å². The first-order chi connectivity index (χ1) is 9.85. The summed E-state index contributed by atoms with van der Waals surface area (Å²) in [6, 6.07) is 4.94. The number of aromatic nitrogens is 1. The predicted molar refractivity (Wildman–Crippen MR) is 79.8 cm³/mol. The average molecular weight is 275 g/mol. The molecule has 1 aromatic heterocycles. The Morgan fingerprint density at radius 2 is 2.30 bits per heavy atom. The van der Waals surface area contributed by atoms with E-state index in [4.69, 9.17) is 4.74 Å². The molecule has 2 fully saturated rings. The van der Waals surface area contributed by atoms with Crippen molar-refractivity contribution >= 4 is 0 Å². The van der Waals surface area contributed by atoms with Gasteiger partial charge in [-0.05, 0) is 50.8 Å². The summed E-state index contributed by atoms with van der Waals surface area (Å²) in [7, 11) is 1.70. The summed E-state index contributed by atoms with van der Waals surface area (Å²) >= 11 is 0. The van der Waals surface area contributed by atoms with Crippen molar-refractivity contribution in [2.24, 2.45) is 5.92 Å².